The lowest BCUT2D eigenvalue weighted by Gasteiger charge is -2.08. The quantitative estimate of drug-likeness (QED) is 0.876. The number of aromatic nitrogens is 1. The molecule has 0 aliphatic rings. The minimum absolute atomic E-state index is 0.0723. The van der Waals surface area contributed by atoms with E-state index in [2.05, 4.69) is 24.0 Å². The van der Waals surface area contributed by atoms with Gasteiger partial charge in [0.15, 0.2) is 0 Å². The van der Waals surface area contributed by atoms with Gasteiger partial charge in [-0.1, -0.05) is 25.5 Å². The van der Waals surface area contributed by atoms with Crippen molar-refractivity contribution in [2.24, 2.45) is 0 Å². The van der Waals surface area contributed by atoms with Crippen LogP contribution in [0, 0.1) is 0 Å². The SMILES string of the molecule is CCCc1ccc(Oc2ncccc2CO)cc1. The number of pyridine rings is 1. The second kappa shape index (κ2) is 6.17. The molecule has 94 valence electrons. The molecule has 2 aromatic rings. The van der Waals surface area contributed by atoms with Gasteiger partial charge in [-0.15, -0.1) is 0 Å². The zero-order valence-electron chi connectivity index (χ0n) is 10.5. The average Bonchev–Trinajstić information content (AvgIpc) is 2.42. The van der Waals surface area contributed by atoms with E-state index in [9.17, 15) is 5.11 Å². The molecule has 0 aliphatic heterocycles. The molecule has 2 rings (SSSR count). The van der Waals surface area contributed by atoms with E-state index in [1.54, 1.807) is 18.3 Å². The number of aliphatic hydroxyl groups is 1. The van der Waals surface area contributed by atoms with Crippen molar-refractivity contribution in [3.8, 4) is 11.6 Å². The zero-order chi connectivity index (χ0) is 12.8. The highest BCUT2D eigenvalue weighted by atomic mass is 16.5. The molecule has 0 saturated heterocycles. The molecule has 0 aliphatic carbocycles. The summed E-state index contributed by atoms with van der Waals surface area (Å²) < 4.78 is 5.66. The van der Waals surface area contributed by atoms with Gasteiger partial charge >= 0.3 is 0 Å². The molecular formula is C15H17NO2. The summed E-state index contributed by atoms with van der Waals surface area (Å²) in [5.41, 5.74) is 1.99. The van der Waals surface area contributed by atoms with Crippen LogP contribution >= 0.6 is 0 Å². The maximum Gasteiger partial charge on any atom is 0.224 e. The van der Waals surface area contributed by atoms with Crippen molar-refractivity contribution in [3.05, 3.63) is 53.7 Å². The monoisotopic (exact) mass is 243 g/mol. The number of aryl methyl sites for hydroxylation is 1. The molecule has 0 fully saturated rings. The van der Waals surface area contributed by atoms with Gasteiger partial charge in [0.05, 0.1) is 6.61 Å². The Labute approximate surface area is 107 Å². The maximum atomic E-state index is 9.19. The van der Waals surface area contributed by atoms with Crippen LogP contribution in [0.2, 0.25) is 0 Å². The van der Waals surface area contributed by atoms with Crippen molar-refractivity contribution in [2.45, 2.75) is 26.4 Å². The molecule has 1 aromatic carbocycles. The Hall–Kier alpha value is -1.87. The van der Waals surface area contributed by atoms with Crippen LogP contribution in [0.1, 0.15) is 24.5 Å². The molecule has 0 amide bonds. The molecule has 0 bridgehead atoms. The lowest BCUT2D eigenvalue weighted by Crippen LogP contribution is -1.94. The van der Waals surface area contributed by atoms with Gasteiger partial charge in [-0.3, -0.25) is 0 Å². The molecule has 0 radical (unpaired) electrons. The fraction of sp³-hybridized carbons (Fsp3) is 0.267. The van der Waals surface area contributed by atoms with Crippen LogP contribution in [-0.4, -0.2) is 10.1 Å². The summed E-state index contributed by atoms with van der Waals surface area (Å²) >= 11 is 0. The van der Waals surface area contributed by atoms with E-state index >= 15 is 0 Å². The summed E-state index contributed by atoms with van der Waals surface area (Å²) in [6.07, 6.45) is 3.86. The Kier molecular flexibility index (Phi) is 4.31. The van der Waals surface area contributed by atoms with Gasteiger partial charge in [0.1, 0.15) is 5.75 Å². The number of hydrogen-bond donors (Lipinski definition) is 1. The highest BCUT2D eigenvalue weighted by Crippen LogP contribution is 2.23. The summed E-state index contributed by atoms with van der Waals surface area (Å²) in [6.45, 7) is 2.09. The number of hydrogen-bond acceptors (Lipinski definition) is 3. The Balaban J connectivity index is 2.13. The molecule has 0 unspecified atom stereocenters. The van der Waals surface area contributed by atoms with Crippen LogP contribution in [0.15, 0.2) is 42.6 Å². The van der Waals surface area contributed by atoms with Crippen LogP contribution in [0.4, 0.5) is 0 Å². The molecular weight excluding hydrogens is 226 g/mol. The minimum Gasteiger partial charge on any atom is -0.439 e. The maximum absolute atomic E-state index is 9.19. The third kappa shape index (κ3) is 3.08. The molecule has 3 heteroatoms. The second-order valence-electron chi connectivity index (χ2n) is 4.12. The van der Waals surface area contributed by atoms with Crippen molar-refractivity contribution in [1.29, 1.82) is 0 Å². The topological polar surface area (TPSA) is 42.4 Å². The first kappa shape index (κ1) is 12.6. The van der Waals surface area contributed by atoms with Crippen LogP contribution in [-0.2, 0) is 13.0 Å². The lowest BCUT2D eigenvalue weighted by atomic mass is 10.1. The molecule has 18 heavy (non-hydrogen) atoms. The Morgan fingerprint density at radius 1 is 1.17 bits per heavy atom. The first-order valence-electron chi connectivity index (χ1n) is 6.15. The van der Waals surface area contributed by atoms with Gasteiger partial charge in [-0.2, -0.15) is 0 Å². The molecule has 0 spiro atoms. The van der Waals surface area contributed by atoms with Gasteiger partial charge in [-0.05, 0) is 36.2 Å². The van der Waals surface area contributed by atoms with Crippen molar-refractivity contribution >= 4 is 0 Å². The highest BCUT2D eigenvalue weighted by Gasteiger charge is 2.04. The number of aliphatic hydroxyl groups excluding tert-OH is 1. The zero-order valence-corrected chi connectivity index (χ0v) is 10.5. The second-order valence-corrected chi connectivity index (χ2v) is 4.12. The Morgan fingerprint density at radius 3 is 2.61 bits per heavy atom. The van der Waals surface area contributed by atoms with Crippen molar-refractivity contribution < 1.29 is 9.84 Å². The van der Waals surface area contributed by atoms with Crippen LogP contribution in [0.25, 0.3) is 0 Å². The van der Waals surface area contributed by atoms with E-state index in [0.717, 1.165) is 18.6 Å². The van der Waals surface area contributed by atoms with E-state index in [4.69, 9.17) is 4.74 Å². The molecule has 0 atom stereocenters. The van der Waals surface area contributed by atoms with E-state index in [-0.39, 0.29) is 6.61 Å². The summed E-state index contributed by atoms with van der Waals surface area (Å²) in [5, 5.41) is 9.19. The summed E-state index contributed by atoms with van der Waals surface area (Å²) in [5.74, 6) is 1.20. The summed E-state index contributed by atoms with van der Waals surface area (Å²) in [7, 11) is 0. The third-order valence-electron chi connectivity index (χ3n) is 2.70. The van der Waals surface area contributed by atoms with Crippen molar-refractivity contribution in [1.82, 2.24) is 4.98 Å². The Morgan fingerprint density at radius 2 is 1.94 bits per heavy atom. The fourth-order valence-corrected chi connectivity index (χ4v) is 1.76. The smallest absolute Gasteiger partial charge is 0.224 e. The van der Waals surface area contributed by atoms with Gasteiger partial charge in [0.25, 0.3) is 0 Å². The van der Waals surface area contributed by atoms with E-state index in [1.807, 2.05) is 12.1 Å². The first-order valence-corrected chi connectivity index (χ1v) is 6.15. The van der Waals surface area contributed by atoms with Gasteiger partial charge in [0, 0.05) is 11.8 Å². The van der Waals surface area contributed by atoms with E-state index in [0.29, 0.717) is 11.4 Å². The number of ether oxygens (including phenoxy) is 1. The first-order chi connectivity index (χ1) is 8.83. The number of benzene rings is 1. The van der Waals surface area contributed by atoms with Gasteiger partial charge < -0.3 is 9.84 Å². The van der Waals surface area contributed by atoms with Crippen molar-refractivity contribution in [2.75, 3.05) is 0 Å². The molecule has 1 heterocycles. The average molecular weight is 243 g/mol. The van der Waals surface area contributed by atoms with E-state index < -0.39 is 0 Å². The van der Waals surface area contributed by atoms with Gasteiger partial charge in [-0.25, -0.2) is 4.98 Å². The van der Waals surface area contributed by atoms with Crippen LogP contribution < -0.4 is 4.74 Å². The third-order valence-corrected chi connectivity index (χ3v) is 2.70. The number of nitrogens with zero attached hydrogens (tertiary/aromatic N) is 1. The molecule has 3 nitrogen and oxygen atoms in total. The number of rotatable bonds is 5. The highest BCUT2D eigenvalue weighted by molar-refractivity contribution is 5.33. The van der Waals surface area contributed by atoms with Crippen LogP contribution in [0.3, 0.4) is 0 Å². The van der Waals surface area contributed by atoms with E-state index in [1.165, 1.54) is 5.56 Å². The largest absolute Gasteiger partial charge is 0.439 e. The van der Waals surface area contributed by atoms with Gasteiger partial charge in [0.2, 0.25) is 5.88 Å². The minimum atomic E-state index is -0.0723. The summed E-state index contributed by atoms with van der Waals surface area (Å²) in [6, 6.07) is 11.6. The lowest BCUT2D eigenvalue weighted by molar-refractivity contribution is 0.275. The predicted molar refractivity (Wildman–Crippen MR) is 70.7 cm³/mol. The standard InChI is InChI=1S/C15H17NO2/c1-2-4-12-6-8-14(9-7-12)18-15-13(11-17)5-3-10-16-15/h3,5-10,17H,2,4,11H2,1H3. The Bertz CT molecular complexity index is 494. The van der Waals surface area contributed by atoms with Crippen LogP contribution in [0.5, 0.6) is 11.6 Å². The molecule has 1 N–H and O–H groups in total. The summed E-state index contributed by atoms with van der Waals surface area (Å²) in [4.78, 5) is 4.12. The van der Waals surface area contributed by atoms with Crippen molar-refractivity contribution in [3.63, 3.8) is 0 Å². The molecule has 1 aromatic heterocycles. The predicted octanol–water partition coefficient (Wildman–Crippen LogP) is 3.32. The molecule has 0 saturated carbocycles. The fourth-order valence-electron chi connectivity index (χ4n) is 1.76. The normalized spacial score (nSPS) is 10.3.